The monoisotopic (exact) mass is 227 g/mol. The molecular weight excluding hydrogens is 201 g/mol. The van der Waals surface area contributed by atoms with Gasteiger partial charge in [-0.1, -0.05) is 20.8 Å². The molecule has 0 bridgehead atoms. The van der Waals surface area contributed by atoms with Crippen molar-refractivity contribution in [3.8, 4) is 0 Å². The van der Waals surface area contributed by atoms with Gasteiger partial charge in [0.25, 0.3) is 0 Å². The summed E-state index contributed by atoms with van der Waals surface area (Å²) in [6, 6.07) is 0. The van der Waals surface area contributed by atoms with Crippen LogP contribution in [0.25, 0.3) is 0 Å². The van der Waals surface area contributed by atoms with E-state index in [4.69, 9.17) is 9.31 Å². The summed E-state index contributed by atoms with van der Waals surface area (Å²) in [6.45, 7) is 17.0. The van der Waals surface area contributed by atoms with Crippen LogP contribution in [0.2, 0.25) is 0 Å². The van der Waals surface area contributed by atoms with E-state index in [1.165, 1.54) is 0 Å². The van der Waals surface area contributed by atoms with Crippen LogP contribution in [0.3, 0.4) is 0 Å². The Labute approximate surface area is 101 Å². The van der Waals surface area contributed by atoms with Gasteiger partial charge < -0.3 is 14.2 Å². The van der Waals surface area contributed by atoms with Crippen LogP contribution in [0.5, 0.6) is 0 Å². The highest BCUT2D eigenvalue weighted by molar-refractivity contribution is 6.47. The number of hydrogen-bond donors (Lipinski definition) is 0. The molecule has 0 N–H and O–H groups in total. The van der Waals surface area contributed by atoms with Crippen molar-refractivity contribution in [3.05, 3.63) is 0 Å². The van der Waals surface area contributed by atoms with Gasteiger partial charge in [0, 0.05) is 5.94 Å². The summed E-state index contributed by atoms with van der Waals surface area (Å²) in [5.41, 5.74) is -0.446. The van der Waals surface area contributed by atoms with Crippen molar-refractivity contribution in [3.63, 3.8) is 0 Å². The second-order valence-electron chi connectivity index (χ2n) is 5.59. The van der Waals surface area contributed by atoms with Crippen molar-refractivity contribution in [1.82, 2.24) is 4.90 Å². The lowest BCUT2D eigenvalue weighted by Crippen LogP contribution is -2.46. The third-order valence-electron chi connectivity index (χ3n) is 4.05. The maximum absolute atomic E-state index is 6.05. The van der Waals surface area contributed by atoms with Crippen molar-refractivity contribution in [2.75, 3.05) is 13.1 Å². The molecule has 0 aromatic rings. The van der Waals surface area contributed by atoms with E-state index in [1.807, 2.05) is 0 Å². The summed E-state index contributed by atoms with van der Waals surface area (Å²) >= 11 is 0. The Morgan fingerprint density at radius 1 is 1.00 bits per heavy atom. The van der Waals surface area contributed by atoms with Crippen LogP contribution in [-0.2, 0) is 9.31 Å². The first-order valence-corrected chi connectivity index (χ1v) is 6.35. The molecule has 0 saturated carbocycles. The largest absolute Gasteiger partial charge is 0.476 e. The average molecular weight is 227 g/mol. The van der Waals surface area contributed by atoms with Gasteiger partial charge in [-0.3, -0.25) is 0 Å². The minimum absolute atomic E-state index is 0.120. The van der Waals surface area contributed by atoms with Gasteiger partial charge in [-0.25, -0.2) is 0 Å². The van der Waals surface area contributed by atoms with Crippen LogP contribution < -0.4 is 0 Å². The van der Waals surface area contributed by atoms with Crippen LogP contribution in [-0.4, -0.2) is 42.3 Å². The standard InChI is InChI=1S/C12H26BNO2/c1-8-14(9-2)10(3)13-15-11(4,5)12(6,7)16-13/h10H,8-9H2,1-7H3. The quantitative estimate of drug-likeness (QED) is 0.688. The molecule has 0 amide bonds. The van der Waals surface area contributed by atoms with E-state index in [2.05, 4.69) is 53.4 Å². The van der Waals surface area contributed by atoms with E-state index < -0.39 is 0 Å². The molecule has 4 heteroatoms. The lowest BCUT2D eigenvalue weighted by atomic mass is 9.78. The zero-order valence-corrected chi connectivity index (χ0v) is 11.8. The molecule has 1 aliphatic rings. The predicted octanol–water partition coefficient (Wildman–Crippen LogP) is 2.35. The highest BCUT2D eigenvalue weighted by Gasteiger charge is 2.53. The Bertz CT molecular complexity index is 223. The van der Waals surface area contributed by atoms with Crippen LogP contribution >= 0.6 is 0 Å². The first-order chi connectivity index (χ1) is 7.25. The lowest BCUT2D eigenvalue weighted by molar-refractivity contribution is 0.00578. The fourth-order valence-corrected chi connectivity index (χ4v) is 2.06. The van der Waals surface area contributed by atoms with Gasteiger partial charge in [-0.05, 0) is 40.8 Å². The third kappa shape index (κ3) is 2.44. The maximum atomic E-state index is 6.05. The van der Waals surface area contributed by atoms with E-state index in [9.17, 15) is 0 Å². The van der Waals surface area contributed by atoms with Gasteiger partial charge in [0.1, 0.15) is 0 Å². The van der Waals surface area contributed by atoms with Crippen molar-refractivity contribution >= 4 is 7.12 Å². The van der Waals surface area contributed by atoms with Crippen LogP contribution in [0.1, 0.15) is 48.5 Å². The van der Waals surface area contributed by atoms with Gasteiger partial charge in [0.15, 0.2) is 0 Å². The Balaban J connectivity index is 2.72. The third-order valence-corrected chi connectivity index (χ3v) is 4.05. The van der Waals surface area contributed by atoms with Gasteiger partial charge in [0.2, 0.25) is 0 Å². The summed E-state index contributed by atoms with van der Waals surface area (Å²) < 4.78 is 12.1. The van der Waals surface area contributed by atoms with Gasteiger partial charge in [-0.15, -0.1) is 0 Å². The number of rotatable bonds is 4. The predicted molar refractivity (Wildman–Crippen MR) is 68.5 cm³/mol. The van der Waals surface area contributed by atoms with E-state index >= 15 is 0 Å². The highest BCUT2D eigenvalue weighted by Crippen LogP contribution is 2.38. The minimum atomic E-state index is -0.223. The SMILES string of the molecule is CCN(CC)C(C)B1OC(C)(C)C(C)(C)O1. The van der Waals surface area contributed by atoms with E-state index in [1.54, 1.807) is 0 Å². The van der Waals surface area contributed by atoms with Gasteiger partial charge in [0.05, 0.1) is 11.2 Å². The Kier molecular flexibility index (Phi) is 4.09. The summed E-state index contributed by atoms with van der Waals surface area (Å²) in [5.74, 6) is 0.302. The Hall–Kier alpha value is -0.0551. The van der Waals surface area contributed by atoms with Gasteiger partial charge in [-0.2, -0.15) is 0 Å². The fraction of sp³-hybridized carbons (Fsp3) is 1.00. The molecule has 1 atom stereocenters. The van der Waals surface area contributed by atoms with Crippen molar-refractivity contribution in [1.29, 1.82) is 0 Å². The minimum Gasteiger partial charge on any atom is -0.402 e. The fourth-order valence-electron chi connectivity index (χ4n) is 2.06. The summed E-state index contributed by atoms with van der Waals surface area (Å²) in [4.78, 5) is 2.36. The Morgan fingerprint density at radius 2 is 1.38 bits per heavy atom. The first kappa shape index (κ1) is 14.0. The topological polar surface area (TPSA) is 21.7 Å². The molecule has 1 aliphatic heterocycles. The van der Waals surface area contributed by atoms with E-state index in [0.717, 1.165) is 13.1 Å². The van der Waals surface area contributed by atoms with E-state index in [-0.39, 0.29) is 18.3 Å². The Morgan fingerprint density at radius 3 is 1.69 bits per heavy atom. The smallest absolute Gasteiger partial charge is 0.402 e. The normalized spacial score (nSPS) is 25.1. The van der Waals surface area contributed by atoms with Crippen molar-refractivity contribution < 1.29 is 9.31 Å². The highest BCUT2D eigenvalue weighted by atomic mass is 16.7. The van der Waals surface area contributed by atoms with Gasteiger partial charge >= 0.3 is 7.12 Å². The molecule has 0 aliphatic carbocycles. The molecule has 1 rings (SSSR count). The first-order valence-electron chi connectivity index (χ1n) is 6.35. The average Bonchev–Trinajstić information content (AvgIpc) is 2.38. The molecule has 0 radical (unpaired) electrons. The second kappa shape index (κ2) is 4.67. The summed E-state index contributed by atoms with van der Waals surface area (Å²) in [6.07, 6.45) is 0. The number of hydrogen-bond acceptors (Lipinski definition) is 3. The molecular formula is C12H26BNO2. The number of nitrogens with zero attached hydrogens (tertiary/aromatic N) is 1. The molecule has 3 nitrogen and oxygen atoms in total. The van der Waals surface area contributed by atoms with Crippen molar-refractivity contribution in [2.24, 2.45) is 0 Å². The zero-order valence-electron chi connectivity index (χ0n) is 11.8. The van der Waals surface area contributed by atoms with Crippen LogP contribution in [0, 0.1) is 0 Å². The molecule has 1 unspecified atom stereocenters. The molecule has 0 aromatic carbocycles. The molecule has 1 heterocycles. The molecule has 1 fully saturated rings. The molecule has 0 spiro atoms. The molecule has 1 saturated heterocycles. The molecule has 94 valence electrons. The van der Waals surface area contributed by atoms with Crippen molar-refractivity contribution in [2.45, 2.75) is 65.6 Å². The lowest BCUT2D eigenvalue weighted by Gasteiger charge is -2.32. The van der Waals surface area contributed by atoms with Crippen LogP contribution in [0.15, 0.2) is 0 Å². The zero-order chi connectivity index (χ0) is 12.6. The molecule has 0 aromatic heterocycles. The summed E-state index contributed by atoms with van der Waals surface area (Å²) in [5, 5.41) is 0. The summed E-state index contributed by atoms with van der Waals surface area (Å²) in [7, 11) is -0.120. The maximum Gasteiger partial charge on any atom is 0.476 e. The molecule has 16 heavy (non-hydrogen) atoms. The van der Waals surface area contributed by atoms with Crippen LogP contribution in [0.4, 0.5) is 0 Å². The van der Waals surface area contributed by atoms with E-state index in [0.29, 0.717) is 5.94 Å². The second-order valence-corrected chi connectivity index (χ2v) is 5.59.